The molecule has 0 aromatic heterocycles. The van der Waals surface area contributed by atoms with Crippen LogP contribution in [0.1, 0.15) is 12.8 Å². The summed E-state index contributed by atoms with van der Waals surface area (Å²) >= 11 is 0. The minimum atomic E-state index is 0.105. The summed E-state index contributed by atoms with van der Waals surface area (Å²) in [6.07, 6.45) is 2.53. The molecule has 0 rings (SSSR count). The van der Waals surface area contributed by atoms with Crippen molar-refractivity contribution in [1.82, 2.24) is 0 Å². The van der Waals surface area contributed by atoms with Crippen molar-refractivity contribution in [1.29, 1.82) is 0 Å². The van der Waals surface area contributed by atoms with Gasteiger partial charge in [-0.25, -0.2) is 4.79 Å². The zero-order valence-corrected chi connectivity index (χ0v) is 5.13. The fraction of sp³-hybridized carbons (Fsp3) is 0.500. The van der Waals surface area contributed by atoms with Gasteiger partial charge in [0.15, 0.2) is 0 Å². The van der Waals surface area contributed by atoms with Crippen LogP contribution in [0, 0.1) is 0 Å². The molecule has 0 saturated carbocycles. The molecule has 9 heavy (non-hydrogen) atoms. The fourth-order valence-electron chi connectivity index (χ4n) is 0.404. The van der Waals surface area contributed by atoms with Crippen LogP contribution in [0.2, 0.25) is 0 Å². The molecule has 0 bridgehead atoms. The number of allylic oxidation sites excluding steroid dienone is 1. The summed E-state index contributed by atoms with van der Waals surface area (Å²) in [5, 5.41) is 8.30. The second-order valence-electron chi connectivity index (χ2n) is 1.60. The van der Waals surface area contributed by atoms with Gasteiger partial charge in [0.1, 0.15) is 0 Å². The summed E-state index contributed by atoms with van der Waals surface area (Å²) in [6.45, 7) is 3.55. The normalized spacial score (nSPS) is 8.11. The quantitative estimate of drug-likeness (QED) is 0.444. The van der Waals surface area contributed by atoms with Crippen LogP contribution >= 0.6 is 0 Å². The maximum Gasteiger partial charge on any atom is 0.240 e. The van der Waals surface area contributed by atoms with Gasteiger partial charge >= 0.3 is 0 Å². The molecule has 0 aliphatic carbocycles. The molecule has 0 heterocycles. The third-order valence-electron chi connectivity index (χ3n) is 0.827. The van der Waals surface area contributed by atoms with Gasteiger partial charge in [0, 0.05) is 12.3 Å². The van der Waals surface area contributed by atoms with Gasteiger partial charge in [0.25, 0.3) is 0 Å². The predicted octanol–water partition coefficient (Wildman–Crippen LogP) is 0.608. The number of aliphatic hydroxyl groups excluding tert-OH is 1. The van der Waals surface area contributed by atoms with Crippen LogP contribution in [0.3, 0.4) is 0 Å². The summed E-state index contributed by atoms with van der Waals surface area (Å²) in [4.78, 5) is 12.8. The van der Waals surface area contributed by atoms with Crippen LogP contribution in [0.4, 0.5) is 0 Å². The molecule has 1 N–H and O–H groups in total. The minimum Gasteiger partial charge on any atom is -0.396 e. The Morgan fingerprint density at radius 1 is 1.78 bits per heavy atom. The Bertz CT molecular complexity index is 136. The van der Waals surface area contributed by atoms with Crippen LogP contribution in [0.15, 0.2) is 17.3 Å². The summed E-state index contributed by atoms with van der Waals surface area (Å²) in [5.74, 6) is 0. The highest BCUT2D eigenvalue weighted by Crippen LogP contribution is 2.00. The Morgan fingerprint density at radius 2 is 2.44 bits per heavy atom. The molecular formula is C6H9NO2. The molecule has 0 fully saturated rings. The van der Waals surface area contributed by atoms with Gasteiger partial charge in [-0.1, -0.05) is 6.58 Å². The summed E-state index contributed by atoms with van der Waals surface area (Å²) in [6, 6.07) is 0. The van der Waals surface area contributed by atoms with E-state index in [4.69, 9.17) is 5.11 Å². The zero-order chi connectivity index (χ0) is 7.11. The molecule has 0 atom stereocenters. The molecule has 0 spiro atoms. The van der Waals surface area contributed by atoms with Gasteiger partial charge < -0.3 is 5.11 Å². The van der Waals surface area contributed by atoms with Crippen molar-refractivity contribution >= 4 is 6.08 Å². The lowest BCUT2D eigenvalue weighted by Gasteiger charge is -1.91. The summed E-state index contributed by atoms with van der Waals surface area (Å²) in [7, 11) is 0. The van der Waals surface area contributed by atoms with Gasteiger partial charge in [-0.05, 0) is 12.8 Å². The maximum absolute atomic E-state index is 9.56. The number of hydrogen-bond acceptors (Lipinski definition) is 3. The zero-order valence-electron chi connectivity index (χ0n) is 5.13. The average molecular weight is 127 g/mol. The van der Waals surface area contributed by atoms with Crippen LogP contribution in [0.25, 0.3) is 0 Å². The molecule has 0 aliphatic heterocycles. The number of rotatable bonds is 4. The lowest BCUT2D eigenvalue weighted by molar-refractivity contribution is 0.288. The van der Waals surface area contributed by atoms with E-state index in [0.29, 0.717) is 18.5 Å². The number of nitrogens with zero attached hydrogens (tertiary/aromatic N) is 1. The van der Waals surface area contributed by atoms with E-state index in [-0.39, 0.29) is 6.61 Å². The van der Waals surface area contributed by atoms with Crippen LogP contribution in [-0.2, 0) is 4.79 Å². The van der Waals surface area contributed by atoms with E-state index in [2.05, 4.69) is 11.6 Å². The molecule has 3 heteroatoms. The van der Waals surface area contributed by atoms with Crippen molar-refractivity contribution in [3.05, 3.63) is 12.3 Å². The topological polar surface area (TPSA) is 49.7 Å². The Kier molecular flexibility index (Phi) is 4.69. The minimum absolute atomic E-state index is 0.105. The molecule has 0 aromatic carbocycles. The molecular weight excluding hydrogens is 118 g/mol. The summed E-state index contributed by atoms with van der Waals surface area (Å²) < 4.78 is 0. The Hall–Kier alpha value is -0.920. The molecule has 0 amide bonds. The van der Waals surface area contributed by atoms with E-state index in [0.717, 1.165) is 0 Å². The van der Waals surface area contributed by atoms with Crippen molar-refractivity contribution in [3.8, 4) is 0 Å². The first-order chi connectivity index (χ1) is 4.31. The first-order valence-corrected chi connectivity index (χ1v) is 2.67. The molecule has 0 aliphatic rings. The highest BCUT2D eigenvalue weighted by atomic mass is 16.2. The van der Waals surface area contributed by atoms with E-state index in [1.807, 2.05) is 0 Å². The van der Waals surface area contributed by atoms with Crippen molar-refractivity contribution in [2.24, 2.45) is 4.99 Å². The molecule has 3 nitrogen and oxygen atoms in total. The SMILES string of the molecule is C=C(CCCO)N=C=O. The van der Waals surface area contributed by atoms with E-state index in [1.165, 1.54) is 6.08 Å². The number of isocyanates is 1. The highest BCUT2D eigenvalue weighted by molar-refractivity contribution is 5.36. The third-order valence-corrected chi connectivity index (χ3v) is 0.827. The van der Waals surface area contributed by atoms with Gasteiger partial charge in [-0.15, -0.1) is 0 Å². The van der Waals surface area contributed by atoms with Crippen LogP contribution in [-0.4, -0.2) is 17.8 Å². The first kappa shape index (κ1) is 8.08. The second kappa shape index (κ2) is 5.22. The van der Waals surface area contributed by atoms with E-state index in [9.17, 15) is 4.79 Å². The molecule has 0 aromatic rings. The lowest BCUT2D eigenvalue weighted by Crippen LogP contribution is -1.82. The van der Waals surface area contributed by atoms with Crippen LogP contribution < -0.4 is 0 Å². The fourth-order valence-corrected chi connectivity index (χ4v) is 0.404. The van der Waals surface area contributed by atoms with E-state index in [1.54, 1.807) is 0 Å². The van der Waals surface area contributed by atoms with Crippen molar-refractivity contribution < 1.29 is 9.90 Å². The largest absolute Gasteiger partial charge is 0.396 e. The van der Waals surface area contributed by atoms with Crippen molar-refractivity contribution in [2.45, 2.75) is 12.8 Å². The van der Waals surface area contributed by atoms with Gasteiger partial charge in [-0.2, -0.15) is 4.99 Å². The second-order valence-corrected chi connectivity index (χ2v) is 1.60. The van der Waals surface area contributed by atoms with E-state index >= 15 is 0 Å². The van der Waals surface area contributed by atoms with Crippen molar-refractivity contribution in [3.63, 3.8) is 0 Å². The van der Waals surface area contributed by atoms with Gasteiger partial charge in [-0.3, -0.25) is 0 Å². The van der Waals surface area contributed by atoms with Gasteiger partial charge in [0.05, 0.1) is 0 Å². The lowest BCUT2D eigenvalue weighted by atomic mass is 10.3. The monoisotopic (exact) mass is 127 g/mol. The Labute approximate surface area is 53.7 Å². The van der Waals surface area contributed by atoms with Crippen LogP contribution in [0.5, 0.6) is 0 Å². The number of hydrogen-bond donors (Lipinski definition) is 1. The average Bonchev–Trinajstić information content (AvgIpc) is 1.85. The maximum atomic E-state index is 9.56. The third kappa shape index (κ3) is 4.94. The predicted molar refractivity (Wildman–Crippen MR) is 33.6 cm³/mol. The Balaban J connectivity index is 3.39. The summed E-state index contributed by atoms with van der Waals surface area (Å²) in [5.41, 5.74) is 0.471. The standard InChI is InChI=1S/C6H9NO2/c1-6(7-5-9)3-2-4-8/h8H,1-4H2. The highest BCUT2D eigenvalue weighted by Gasteiger charge is 1.87. The van der Waals surface area contributed by atoms with E-state index < -0.39 is 0 Å². The molecule has 0 unspecified atom stereocenters. The van der Waals surface area contributed by atoms with Gasteiger partial charge in [0.2, 0.25) is 6.08 Å². The smallest absolute Gasteiger partial charge is 0.240 e. The number of carbonyl (C=O) groups excluding carboxylic acids is 1. The Morgan fingerprint density at radius 3 is 2.89 bits per heavy atom. The first-order valence-electron chi connectivity index (χ1n) is 2.67. The van der Waals surface area contributed by atoms with Crippen molar-refractivity contribution in [2.75, 3.05) is 6.61 Å². The number of aliphatic hydroxyl groups is 1. The molecule has 50 valence electrons. The molecule has 0 radical (unpaired) electrons. The molecule has 0 saturated heterocycles. The number of aliphatic imine (C=N–C) groups is 1.